The van der Waals surface area contributed by atoms with Crippen molar-refractivity contribution in [2.24, 2.45) is 0 Å². The largest absolute Gasteiger partial charge is 0.386 e. The summed E-state index contributed by atoms with van der Waals surface area (Å²) in [5, 5.41) is 24.9. The predicted molar refractivity (Wildman–Crippen MR) is 91.9 cm³/mol. The molecule has 3 rings (SSSR count). The van der Waals surface area contributed by atoms with Gasteiger partial charge in [-0.3, -0.25) is 20.2 Å². The molecule has 0 unspecified atom stereocenters. The molecule has 1 N–H and O–H groups in total. The van der Waals surface area contributed by atoms with Crippen molar-refractivity contribution in [2.75, 3.05) is 12.4 Å². The zero-order chi connectivity index (χ0) is 18.0. The summed E-state index contributed by atoms with van der Waals surface area (Å²) in [7, 11) is 1.71. The quantitative estimate of drug-likeness (QED) is 0.562. The van der Waals surface area contributed by atoms with E-state index >= 15 is 0 Å². The lowest BCUT2D eigenvalue weighted by Gasteiger charge is -2.09. The summed E-state index contributed by atoms with van der Waals surface area (Å²) in [6.45, 7) is 0. The van der Waals surface area contributed by atoms with Crippen LogP contribution in [-0.4, -0.2) is 26.4 Å². The lowest BCUT2D eigenvalue weighted by atomic mass is 10.1. The van der Waals surface area contributed by atoms with Crippen LogP contribution in [0.3, 0.4) is 0 Å². The monoisotopic (exact) mass is 339 g/mol. The average Bonchev–Trinajstić information content (AvgIpc) is 3.11. The second-order valence-electron chi connectivity index (χ2n) is 5.18. The molecule has 1 heterocycles. The van der Waals surface area contributed by atoms with E-state index in [9.17, 15) is 20.2 Å². The Morgan fingerprint density at radius 1 is 1.04 bits per heavy atom. The number of imidazole rings is 1. The fraction of sp³-hybridized carbons (Fsp3) is 0.0625. The van der Waals surface area contributed by atoms with Crippen molar-refractivity contribution in [3.63, 3.8) is 0 Å². The summed E-state index contributed by atoms with van der Waals surface area (Å²) >= 11 is 0. The molecule has 3 aromatic rings. The van der Waals surface area contributed by atoms with E-state index in [0.29, 0.717) is 22.6 Å². The third-order valence-corrected chi connectivity index (χ3v) is 3.67. The normalized spacial score (nSPS) is 10.4. The molecule has 0 bridgehead atoms. The Morgan fingerprint density at radius 3 is 2.44 bits per heavy atom. The molecule has 0 saturated carbocycles. The van der Waals surface area contributed by atoms with E-state index in [-0.39, 0.29) is 11.4 Å². The van der Waals surface area contributed by atoms with Gasteiger partial charge in [-0.15, -0.1) is 0 Å². The van der Waals surface area contributed by atoms with Gasteiger partial charge in [-0.05, 0) is 6.07 Å². The van der Waals surface area contributed by atoms with Crippen LogP contribution in [0.2, 0.25) is 0 Å². The van der Waals surface area contributed by atoms with Crippen LogP contribution >= 0.6 is 0 Å². The van der Waals surface area contributed by atoms with Crippen molar-refractivity contribution in [1.29, 1.82) is 0 Å². The van der Waals surface area contributed by atoms with Gasteiger partial charge in [-0.1, -0.05) is 12.1 Å². The molecule has 1 aromatic heterocycles. The second-order valence-corrected chi connectivity index (χ2v) is 5.18. The molecular weight excluding hydrogens is 326 g/mol. The third-order valence-electron chi connectivity index (χ3n) is 3.67. The number of rotatable bonds is 5. The molecule has 0 spiro atoms. The van der Waals surface area contributed by atoms with Crippen LogP contribution in [0.25, 0.3) is 16.9 Å². The number of nitro groups is 2. The highest BCUT2D eigenvalue weighted by Gasteiger charge is 2.14. The Morgan fingerprint density at radius 2 is 1.76 bits per heavy atom. The summed E-state index contributed by atoms with van der Waals surface area (Å²) in [5.41, 5.74) is 2.29. The van der Waals surface area contributed by atoms with Crippen molar-refractivity contribution in [1.82, 2.24) is 9.55 Å². The molecule has 2 aromatic carbocycles. The molecule has 0 atom stereocenters. The lowest BCUT2D eigenvalue weighted by Crippen LogP contribution is -2.00. The Labute approximate surface area is 141 Å². The van der Waals surface area contributed by atoms with E-state index in [1.165, 1.54) is 30.6 Å². The van der Waals surface area contributed by atoms with Crippen LogP contribution in [0.15, 0.2) is 55.0 Å². The summed E-state index contributed by atoms with van der Waals surface area (Å²) < 4.78 is 1.63. The Hall–Kier alpha value is -3.75. The number of nitrogens with zero attached hydrogens (tertiary/aromatic N) is 4. The number of nitro benzene ring substituents is 2. The molecule has 0 aliphatic heterocycles. The van der Waals surface area contributed by atoms with Gasteiger partial charge in [0.1, 0.15) is 0 Å². The average molecular weight is 339 g/mol. The minimum atomic E-state index is -0.472. The maximum absolute atomic E-state index is 11.0. The van der Waals surface area contributed by atoms with Crippen molar-refractivity contribution < 1.29 is 9.85 Å². The Balaban J connectivity index is 2.05. The van der Waals surface area contributed by atoms with Crippen molar-refractivity contribution in [3.05, 3.63) is 75.2 Å². The van der Waals surface area contributed by atoms with Gasteiger partial charge in [-0.25, -0.2) is 4.98 Å². The zero-order valence-electron chi connectivity index (χ0n) is 13.1. The summed E-state index contributed by atoms with van der Waals surface area (Å²) in [6.07, 6.45) is 3.17. The first-order valence-corrected chi connectivity index (χ1v) is 7.25. The SMILES string of the molecule is CNc1ccc([N+](=O)[O-])cc1-n1cnc(-c2cccc([N+](=O)[O-])c2)c1. The standard InChI is InChI=1S/C16H13N5O4/c1-17-14-6-5-13(21(24)25)8-16(14)19-9-15(18-10-19)11-3-2-4-12(7-11)20(22)23/h2-10,17H,1H3. The van der Waals surface area contributed by atoms with Crippen LogP contribution in [-0.2, 0) is 0 Å². The Bertz CT molecular complexity index is 967. The first-order valence-electron chi connectivity index (χ1n) is 7.25. The highest BCUT2D eigenvalue weighted by molar-refractivity contribution is 5.67. The van der Waals surface area contributed by atoms with Crippen LogP contribution in [0.1, 0.15) is 0 Å². The molecular formula is C16H13N5O4. The fourth-order valence-corrected chi connectivity index (χ4v) is 2.44. The van der Waals surface area contributed by atoms with Gasteiger partial charge >= 0.3 is 0 Å². The first kappa shape index (κ1) is 16.1. The van der Waals surface area contributed by atoms with Crippen LogP contribution < -0.4 is 5.32 Å². The van der Waals surface area contributed by atoms with Crippen LogP contribution in [0, 0.1) is 20.2 Å². The minimum Gasteiger partial charge on any atom is -0.386 e. The number of nitrogens with one attached hydrogen (secondary N) is 1. The number of benzene rings is 2. The third kappa shape index (κ3) is 3.15. The smallest absolute Gasteiger partial charge is 0.271 e. The molecule has 0 aliphatic carbocycles. The minimum absolute atomic E-state index is 0.0293. The number of aromatic nitrogens is 2. The molecule has 25 heavy (non-hydrogen) atoms. The van der Waals surface area contributed by atoms with Gasteiger partial charge in [0.05, 0.1) is 33.2 Å². The van der Waals surface area contributed by atoms with Crippen molar-refractivity contribution in [3.8, 4) is 16.9 Å². The fourth-order valence-electron chi connectivity index (χ4n) is 2.44. The van der Waals surface area contributed by atoms with Gasteiger partial charge in [-0.2, -0.15) is 0 Å². The van der Waals surface area contributed by atoms with Gasteiger partial charge in [0, 0.05) is 43.1 Å². The first-order chi connectivity index (χ1) is 12.0. The maximum atomic E-state index is 11.0. The lowest BCUT2D eigenvalue weighted by molar-refractivity contribution is -0.385. The van der Waals surface area contributed by atoms with E-state index in [1.807, 2.05) is 0 Å². The highest BCUT2D eigenvalue weighted by Crippen LogP contribution is 2.28. The molecule has 126 valence electrons. The number of hydrogen-bond donors (Lipinski definition) is 1. The van der Waals surface area contributed by atoms with Crippen molar-refractivity contribution >= 4 is 17.1 Å². The van der Waals surface area contributed by atoms with Gasteiger partial charge in [0.25, 0.3) is 11.4 Å². The predicted octanol–water partition coefficient (Wildman–Crippen LogP) is 3.40. The highest BCUT2D eigenvalue weighted by atomic mass is 16.6. The van der Waals surface area contributed by atoms with E-state index in [1.54, 1.807) is 36.0 Å². The van der Waals surface area contributed by atoms with E-state index in [0.717, 1.165) is 0 Å². The van der Waals surface area contributed by atoms with Crippen LogP contribution in [0.4, 0.5) is 17.1 Å². The number of non-ortho nitro benzene ring substituents is 2. The van der Waals surface area contributed by atoms with Gasteiger partial charge < -0.3 is 9.88 Å². The summed E-state index contributed by atoms with van der Waals surface area (Å²) in [4.78, 5) is 25.2. The van der Waals surface area contributed by atoms with Crippen molar-refractivity contribution in [2.45, 2.75) is 0 Å². The Kier molecular flexibility index (Phi) is 4.12. The molecule has 9 heteroatoms. The summed E-state index contributed by atoms with van der Waals surface area (Å²) in [5.74, 6) is 0. The molecule has 9 nitrogen and oxygen atoms in total. The molecule has 0 fully saturated rings. The summed E-state index contributed by atoms with van der Waals surface area (Å²) in [6, 6.07) is 10.6. The topological polar surface area (TPSA) is 116 Å². The molecule has 0 amide bonds. The maximum Gasteiger partial charge on any atom is 0.271 e. The number of hydrogen-bond acceptors (Lipinski definition) is 6. The van der Waals surface area contributed by atoms with Crippen LogP contribution in [0.5, 0.6) is 0 Å². The van der Waals surface area contributed by atoms with Gasteiger partial charge in [0.2, 0.25) is 0 Å². The molecule has 0 aliphatic rings. The van der Waals surface area contributed by atoms with E-state index in [2.05, 4.69) is 10.3 Å². The van der Waals surface area contributed by atoms with E-state index < -0.39 is 9.85 Å². The molecule has 0 radical (unpaired) electrons. The number of anilines is 1. The molecule has 0 saturated heterocycles. The zero-order valence-corrected chi connectivity index (χ0v) is 13.1. The van der Waals surface area contributed by atoms with Gasteiger partial charge in [0.15, 0.2) is 0 Å². The van der Waals surface area contributed by atoms with E-state index in [4.69, 9.17) is 0 Å². The second kappa shape index (κ2) is 6.40.